The smallest absolute Gasteiger partial charge is 0.205 e. The number of hydrogen-bond acceptors (Lipinski definition) is 3. The van der Waals surface area contributed by atoms with E-state index in [-0.39, 0.29) is 18.0 Å². The largest absolute Gasteiger partial charge is 0.332 e. The standard InChI is InChI=1S/C14H14N2O2/c1-10-4-3-5-11(8-10)12(17)9-13(18)14-15-6-7-16(14)2/h3-8H,9H2,1-2H3. The Morgan fingerprint density at radius 1 is 1.28 bits per heavy atom. The van der Waals surface area contributed by atoms with Crippen molar-refractivity contribution in [1.82, 2.24) is 9.55 Å². The Hall–Kier alpha value is -2.23. The van der Waals surface area contributed by atoms with Gasteiger partial charge in [0, 0.05) is 25.0 Å². The van der Waals surface area contributed by atoms with Crippen LogP contribution in [0.2, 0.25) is 0 Å². The Morgan fingerprint density at radius 3 is 2.67 bits per heavy atom. The van der Waals surface area contributed by atoms with Gasteiger partial charge in [0.1, 0.15) is 0 Å². The van der Waals surface area contributed by atoms with Crippen molar-refractivity contribution in [3.63, 3.8) is 0 Å². The molecule has 1 aromatic carbocycles. The molecule has 1 aromatic heterocycles. The van der Waals surface area contributed by atoms with Gasteiger partial charge < -0.3 is 4.57 Å². The van der Waals surface area contributed by atoms with E-state index in [1.54, 1.807) is 36.1 Å². The third kappa shape index (κ3) is 2.53. The Morgan fingerprint density at radius 2 is 2.06 bits per heavy atom. The van der Waals surface area contributed by atoms with Crippen LogP contribution in [0.4, 0.5) is 0 Å². The lowest BCUT2D eigenvalue weighted by molar-refractivity contribution is 0.0886. The predicted molar refractivity (Wildman–Crippen MR) is 67.7 cm³/mol. The van der Waals surface area contributed by atoms with Crippen molar-refractivity contribution in [2.45, 2.75) is 13.3 Å². The first-order valence-electron chi connectivity index (χ1n) is 5.68. The molecule has 0 aliphatic rings. The van der Waals surface area contributed by atoms with Crippen LogP contribution in [-0.4, -0.2) is 21.1 Å². The van der Waals surface area contributed by atoms with Crippen LogP contribution in [-0.2, 0) is 7.05 Å². The molecule has 4 heteroatoms. The van der Waals surface area contributed by atoms with Gasteiger partial charge in [-0.3, -0.25) is 9.59 Å². The van der Waals surface area contributed by atoms with E-state index in [0.717, 1.165) is 5.56 Å². The van der Waals surface area contributed by atoms with Crippen molar-refractivity contribution in [1.29, 1.82) is 0 Å². The van der Waals surface area contributed by atoms with Gasteiger partial charge in [-0.25, -0.2) is 4.98 Å². The zero-order chi connectivity index (χ0) is 13.1. The Balaban J connectivity index is 2.13. The number of aromatic nitrogens is 2. The van der Waals surface area contributed by atoms with Crippen LogP contribution >= 0.6 is 0 Å². The Labute approximate surface area is 105 Å². The topological polar surface area (TPSA) is 52.0 Å². The van der Waals surface area contributed by atoms with E-state index in [0.29, 0.717) is 11.4 Å². The number of nitrogens with zero attached hydrogens (tertiary/aromatic N) is 2. The zero-order valence-electron chi connectivity index (χ0n) is 10.4. The lowest BCUT2D eigenvalue weighted by Gasteiger charge is -2.02. The molecule has 0 aliphatic carbocycles. The minimum absolute atomic E-state index is 0.145. The number of rotatable bonds is 4. The third-order valence-corrected chi connectivity index (χ3v) is 2.73. The summed E-state index contributed by atoms with van der Waals surface area (Å²) in [5, 5.41) is 0. The lowest BCUT2D eigenvalue weighted by atomic mass is 10.0. The van der Waals surface area contributed by atoms with Crippen LogP contribution in [0.5, 0.6) is 0 Å². The number of ketones is 2. The summed E-state index contributed by atoms with van der Waals surface area (Å²) in [7, 11) is 1.73. The van der Waals surface area contributed by atoms with E-state index >= 15 is 0 Å². The fourth-order valence-electron chi connectivity index (χ4n) is 1.78. The summed E-state index contributed by atoms with van der Waals surface area (Å²) in [6.45, 7) is 1.91. The van der Waals surface area contributed by atoms with Crippen LogP contribution in [0.3, 0.4) is 0 Å². The second-order valence-corrected chi connectivity index (χ2v) is 4.25. The second-order valence-electron chi connectivity index (χ2n) is 4.25. The highest BCUT2D eigenvalue weighted by Gasteiger charge is 2.16. The van der Waals surface area contributed by atoms with Crippen LogP contribution in [0.15, 0.2) is 36.7 Å². The van der Waals surface area contributed by atoms with E-state index in [2.05, 4.69) is 4.98 Å². The molecule has 0 atom stereocenters. The summed E-state index contributed by atoms with van der Waals surface area (Å²) in [4.78, 5) is 27.8. The molecule has 0 saturated carbocycles. The monoisotopic (exact) mass is 242 g/mol. The Kier molecular flexibility index (Phi) is 3.37. The molecular weight excluding hydrogens is 228 g/mol. The molecule has 0 unspecified atom stereocenters. The average molecular weight is 242 g/mol. The maximum atomic E-state index is 12.0. The molecule has 92 valence electrons. The molecule has 4 nitrogen and oxygen atoms in total. The number of hydrogen-bond donors (Lipinski definition) is 0. The molecule has 18 heavy (non-hydrogen) atoms. The number of carbonyl (C=O) groups excluding carboxylic acids is 2. The molecule has 2 rings (SSSR count). The highest BCUT2D eigenvalue weighted by atomic mass is 16.1. The van der Waals surface area contributed by atoms with Crippen molar-refractivity contribution in [3.8, 4) is 0 Å². The molecular formula is C14H14N2O2. The summed E-state index contributed by atoms with van der Waals surface area (Å²) < 4.78 is 1.62. The maximum Gasteiger partial charge on any atom is 0.205 e. The number of aryl methyl sites for hydroxylation is 2. The first-order valence-corrected chi connectivity index (χ1v) is 5.68. The normalized spacial score (nSPS) is 10.3. The highest BCUT2D eigenvalue weighted by molar-refractivity contribution is 6.12. The number of benzene rings is 1. The van der Waals surface area contributed by atoms with Crippen LogP contribution in [0.1, 0.15) is 33.0 Å². The first-order chi connectivity index (χ1) is 8.58. The van der Waals surface area contributed by atoms with E-state index < -0.39 is 0 Å². The SMILES string of the molecule is Cc1cccc(C(=O)CC(=O)c2nccn2C)c1. The number of Topliss-reactive ketones (excluding diaryl/α,β-unsaturated/α-hetero) is 2. The molecule has 0 amide bonds. The molecule has 0 N–H and O–H groups in total. The van der Waals surface area contributed by atoms with Gasteiger partial charge >= 0.3 is 0 Å². The van der Waals surface area contributed by atoms with Gasteiger partial charge in [-0.05, 0) is 13.0 Å². The van der Waals surface area contributed by atoms with Gasteiger partial charge in [-0.15, -0.1) is 0 Å². The molecule has 1 heterocycles. The zero-order valence-corrected chi connectivity index (χ0v) is 10.4. The molecule has 0 fully saturated rings. The average Bonchev–Trinajstić information content (AvgIpc) is 2.75. The molecule has 0 bridgehead atoms. The van der Waals surface area contributed by atoms with Crippen molar-refractivity contribution >= 4 is 11.6 Å². The third-order valence-electron chi connectivity index (χ3n) is 2.73. The summed E-state index contributed by atoms with van der Waals surface area (Å²) >= 11 is 0. The van der Waals surface area contributed by atoms with E-state index in [1.165, 1.54) is 0 Å². The quantitative estimate of drug-likeness (QED) is 0.610. The summed E-state index contributed by atoms with van der Waals surface area (Å²) in [6, 6.07) is 7.24. The highest BCUT2D eigenvalue weighted by Crippen LogP contribution is 2.09. The van der Waals surface area contributed by atoms with E-state index in [4.69, 9.17) is 0 Å². The van der Waals surface area contributed by atoms with Gasteiger partial charge in [0.15, 0.2) is 11.6 Å². The van der Waals surface area contributed by atoms with Crippen LogP contribution in [0, 0.1) is 6.92 Å². The van der Waals surface area contributed by atoms with Crippen molar-refractivity contribution in [3.05, 3.63) is 53.6 Å². The van der Waals surface area contributed by atoms with Gasteiger partial charge in [-0.2, -0.15) is 0 Å². The van der Waals surface area contributed by atoms with E-state index in [1.807, 2.05) is 19.1 Å². The summed E-state index contributed by atoms with van der Waals surface area (Å²) in [5.41, 5.74) is 1.57. The van der Waals surface area contributed by atoms with Gasteiger partial charge in [0.25, 0.3) is 0 Å². The minimum Gasteiger partial charge on any atom is -0.332 e. The number of imidazole rings is 1. The van der Waals surface area contributed by atoms with Gasteiger partial charge in [-0.1, -0.05) is 23.8 Å². The van der Waals surface area contributed by atoms with E-state index in [9.17, 15) is 9.59 Å². The van der Waals surface area contributed by atoms with Crippen molar-refractivity contribution in [2.75, 3.05) is 0 Å². The molecule has 0 saturated heterocycles. The van der Waals surface area contributed by atoms with Crippen molar-refractivity contribution in [2.24, 2.45) is 7.05 Å². The summed E-state index contributed by atoms with van der Waals surface area (Å²) in [5.74, 6) is -0.114. The fourth-order valence-corrected chi connectivity index (χ4v) is 1.78. The molecule has 0 radical (unpaired) electrons. The molecule has 0 aliphatic heterocycles. The predicted octanol–water partition coefficient (Wildman–Crippen LogP) is 2.18. The molecule has 2 aromatic rings. The van der Waals surface area contributed by atoms with Gasteiger partial charge in [0.2, 0.25) is 5.78 Å². The number of carbonyl (C=O) groups is 2. The fraction of sp³-hybridized carbons (Fsp3) is 0.214. The van der Waals surface area contributed by atoms with Crippen molar-refractivity contribution < 1.29 is 9.59 Å². The van der Waals surface area contributed by atoms with Gasteiger partial charge in [0.05, 0.1) is 6.42 Å². The minimum atomic E-state index is -0.256. The second kappa shape index (κ2) is 4.96. The summed E-state index contributed by atoms with van der Waals surface area (Å²) in [6.07, 6.45) is 3.09. The lowest BCUT2D eigenvalue weighted by Crippen LogP contribution is -2.13. The van der Waals surface area contributed by atoms with Crippen LogP contribution < -0.4 is 0 Å². The first kappa shape index (κ1) is 12.2. The van der Waals surface area contributed by atoms with Crippen LogP contribution in [0.25, 0.3) is 0 Å². The maximum absolute atomic E-state index is 12.0. The Bertz CT molecular complexity index is 599. The molecule has 0 spiro atoms.